The van der Waals surface area contributed by atoms with Gasteiger partial charge in [-0.1, -0.05) is 11.8 Å². The number of hydrogen-bond donors (Lipinski definition) is 3. The van der Waals surface area contributed by atoms with Crippen molar-refractivity contribution < 1.29 is 18.3 Å². The summed E-state index contributed by atoms with van der Waals surface area (Å²) in [4.78, 5) is 12.8. The van der Waals surface area contributed by atoms with E-state index in [0.717, 1.165) is 0 Å². The molecule has 1 amide bonds. The number of carbonyl (C=O) groups is 1. The average molecular weight is 302 g/mol. The van der Waals surface area contributed by atoms with Crippen molar-refractivity contribution in [3.63, 3.8) is 0 Å². The van der Waals surface area contributed by atoms with Crippen LogP contribution in [-0.4, -0.2) is 38.3 Å². The summed E-state index contributed by atoms with van der Waals surface area (Å²) in [5, 5.41) is 16.0. The number of rotatable bonds is 5. The first-order valence-electron chi connectivity index (χ1n) is 5.40. The zero-order valence-electron chi connectivity index (χ0n) is 10.0. The summed E-state index contributed by atoms with van der Waals surface area (Å²) in [6, 6.07) is 3.31. The van der Waals surface area contributed by atoms with E-state index >= 15 is 0 Å². The Kier molecular flexibility index (Phi) is 5.98. The maximum atomic E-state index is 11.7. The van der Waals surface area contributed by atoms with Gasteiger partial charge in [-0.3, -0.25) is 4.79 Å². The van der Waals surface area contributed by atoms with Crippen molar-refractivity contribution in [3.8, 4) is 11.8 Å². The fourth-order valence-corrected chi connectivity index (χ4v) is 2.56. The molecule has 4 N–H and O–H groups in total. The van der Waals surface area contributed by atoms with Crippen molar-refractivity contribution in [2.75, 3.05) is 18.9 Å². The molecule has 0 unspecified atom stereocenters. The third-order valence-electron chi connectivity index (χ3n) is 2.01. The first-order chi connectivity index (χ1) is 8.92. The molecule has 1 aromatic rings. The second kappa shape index (κ2) is 7.25. The molecule has 1 rings (SSSR count). The summed E-state index contributed by atoms with van der Waals surface area (Å²) in [5.74, 6) is 4.75. The van der Waals surface area contributed by atoms with Crippen LogP contribution in [0.1, 0.15) is 21.0 Å². The molecule has 0 saturated carbocycles. The molecule has 0 saturated heterocycles. The highest BCUT2D eigenvalue weighted by atomic mass is 32.2. The van der Waals surface area contributed by atoms with Crippen LogP contribution < -0.4 is 10.5 Å². The van der Waals surface area contributed by atoms with Gasteiger partial charge in [0.05, 0.1) is 15.5 Å². The fraction of sp³-hybridized carbons (Fsp3) is 0.364. The van der Waals surface area contributed by atoms with E-state index in [2.05, 4.69) is 17.2 Å². The lowest BCUT2D eigenvalue weighted by molar-refractivity contribution is 0.0957. The van der Waals surface area contributed by atoms with Gasteiger partial charge in [0.15, 0.2) is 0 Å². The second-order valence-corrected chi connectivity index (χ2v) is 6.42. The molecular weight excluding hydrogens is 288 g/mol. The summed E-state index contributed by atoms with van der Waals surface area (Å²) < 4.78 is 21.4. The summed E-state index contributed by atoms with van der Waals surface area (Å²) in [5.41, 5.74) is 0. The van der Waals surface area contributed by atoms with Gasteiger partial charge in [-0.2, -0.15) is 0 Å². The minimum absolute atomic E-state index is 0.162. The van der Waals surface area contributed by atoms with Gasteiger partial charge in [0.25, 0.3) is 5.91 Å². The molecule has 104 valence electrons. The summed E-state index contributed by atoms with van der Waals surface area (Å²) >= 11 is 1.20. The summed E-state index contributed by atoms with van der Waals surface area (Å²) in [6.45, 7) is 0.0117. The van der Waals surface area contributed by atoms with Crippen LogP contribution in [0.5, 0.6) is 0 Å². The molecule has 1 aromatic heterocycles. The SMILES string of the molecule is NS(=O)(=O)CCCNC(=O)c1ccc(C#CCO)s1. The van der Waals surface area contributed by atoms with Crippen LogP contribution >= 0.6 is 11.3 Å². The van der Waals surface area contributed by atoms with Gasteiger partial charge in [-0.15, -0.1) is 11.3 Å². The quantitative estimate of drug-likeness (QED) is 0.503. The van der Waals surface area contributed by atoms with Gasteiger partial charge in [0, 0.05) is 6.54 Å². The third-order valence-corrected chi connectivity index (χ3v) is 3.87. The molecule has 6 nitrogen and oxygen atoms in total. The predicted molar refractivity (Wildman–Crippen MR) is 73.2 cm³/mol. The normalized spacial score (nSPS) is 10.6. The Morgan fingerprint density at radius 2 is 2.21 bits per heavy atom. The smallest absolute Gasteiger partial charge is 0.261 e. The van der Waals surface area contributed by atoms with Crippen molar-refractivity contribution in [2.24, 2.45) is 5.14 Å². The topological polar surface area (TPSA) is 109 Å². The van der Waals surface area contributed by atoms with Crippen molar-refractivity contribution in [2.45, 2.75) is 6.42 Å². The largest absolute Gasteiger partial charge is 0.384 e. The molecule has 0 bridgehead atoms. The molecule has 0 aromatic carbocycles. The van der Waals surface area contributed by atoms with E-state index in [0.29, 0.717) is 9.75 Å². The number of nitrogens with one attached hydrogen (secondary N) is 1. The molecular formula is C11H14N2O4S2. The van der Waals surface area contributed by atoms with E-state index in [9.17, 15) is 13.2 Å². The summed E-state index contributed by atoms with van der Waals surface area (Å²) in [7, 11) is -3.48. The number of hydrogen-bond acceptors (Lipinski definition) is 5. The van der Waals surface area contributed by atoms with Crippen LogP contribution in [0.3, 0.4) is 0 Å². The maximum absolute atomic E-state index is 11.7. The average Bonchev–Trinajstić information content (AvgIpc) is 2.79. The first-order valence-corrected chi connectivity index (χ1v) is 7.94. The van der Waals surface area contributed by atoms with Gasteiger partial charge >= 0.3 is 0 Å². The van der Waals surface area contributed by atoms with Crippen LogP contribution in [-0.2, 0) is 10.0 Å². The maximum Gasteiger partial charge on any atom is 0.261 e. The van der Waals surface area contributed by atoms with Gasteiger partial charge in [-0.05, 0) is 18.6 Å². The molecule has 8 heteroatoms. The van der Waals surface area contributed by atoms with E-state index in [4.69, 9.17) is 10.2 Å². The predicted octanol–water partition coefficient (Wildman–Crippen LogP) is -0.500. The minimum atomic E-state index is -3.48. The minimum Gasteiger partial charge on any atom is -0.384 e. The molecule has 1 heterocycles. The monoisotopic (exact) mass is 302 g/mol. The molecule has 0 radical (unpaired) electrons. The second-order valence-electron chi connectivity index (χ2n) is 3.60. The van der Waals surface area contributed by atoms with Crippen LogP contribution in [0.2, 0.25) is 0 Å². The molecule has 0 atom stereocenters. The molecule has 19 heavy (non-hydrogen) atoms. The lowest BCUT2D eigenvalue weighted by Crippen LogP contribution is -2.26. The number of aliphatic hydroxyl groups excluding tert-OH is 1. The van der Waals surface area contributed by atoms with Crippen molar-refractivity contribution >= 4 is 27.3 Å². The third kappa shape index (κ3) is 6.35. The summed E-state index contributed by atoms with van der Waals surface area (Å²) in [6.07, 6.45) is 0.271. The highest BCUT2D eigenvalue weighted by Gasteiger charge is 2.08. The number of amides is 1. The highest BCUT2D eigenvalue weighted by molar-refractivity contribution is 7.89. The Morgan fingerprint density at radius 1 is 1.47 bits per heavy atom. The number of aliphatic hydroxyl groups is 1. The van der Waals surface area contributed by atoms with Gasteiger partial charge in [0.2, 0.25) is 10.0 Å². The Morgan fingerprint density at radius 3 is 2.84 bits per heavy atom. The van der Waals surface area contributed by atoms with Crippen LogP contribution in [0.25, 0.3) is 0 Å². The number of nitrogens with two attached hydrogens (primary N) is 1. The first kappa shape index (κ1) is 15.7. The van der Waals surface area contributed by atoms with E-state index in [1.165, 1.54) is 11.3 Å². The van der Waals surface area contributed by atoms with Crippen molar-refractivity contribution in [1.29, 1.82) is 0 Å². The van der Waals surface area contributed by atoms with Crippen LogP contribution in [0.15, 0.2) is 12.1 Å². The zero-order chi connectivity index (χ0) is 14.3. The fourth-order valence-electron chi connectivity index (χ4n) is 1.22. The van der Waals surface area contributed by atoms with E-state index in [-0.39, 0.29) is 31.2 Å². The van der Waals surface area contributed by atoms with E-state index in [1.807, 2.05) is 0 Å². The number of sulfonamides is 1. The lowest BCUT2D eigenvalue weighted by Gasteiger charge is -2.02. The van der Waals surface area contributed by atoms with Crippen LogP contribution in [0.4, 0.5) is 0 Å². The number of carbonyl (C=O) groups excluding carboxylic acids is 1. The molecule has 0 aliphatic heterocycles. The van der Waals surface area contributed by atoms with Gasteiger partial charge in [0.1, 0.15) is 6.61 Å². The molecule has 0 aliphatic carbocycles. The van der Waals surface area contributed by atoms with Gasteiger partial charge < -0.3 is 10.4 Å². The zero-order valence-corrected chi connectivity index (χ0v) is 11.7. The molecule has 0 spiro atoms. The number of primary sulfonamides is 1. The Labute approximate surface area is 115 Å². The van der Waals surface area contributed by atoms with Crippen molar-refractivity contribution in [3.05, 3.63) is 21.9 Å². The van der Waals surface area contributed by atoms with Crippen LogP contribution in [0, 0.1) is 11.8 Å². The van der Waals surface area contributed by atoms with E-state index < -0.39 is 10.0 Å². The van der Waals surface area contributed by atoms with Crippen molar-refractivity contribution in [1.82, 2.24) is 5.32 Å². The van der Waals surface area contributed by atoms with Gasteiger partial charge in [-0.25, -0.2) is 13.6 Å². The Balaban J connectivity index is 2.43. The Hall–Kier alpha value is -1.40. The van der Waals surface area contributed by atoms with E-state index in [1.54, 1.807) is 12.1 Å². The Bertz CT molecular complexity index is 596. The highest BCUT2D eigenvalue weighted by Crippen LogP contribution is 2.15. The number of thiophene rings is 1. The lowest BCUT2D eigenvalue weighted by atomic mass is 10.4. The standard InChI is InChI=1S/C11H14N2O4S2/c12-19(16,17)8-2-6-13-11(15)10-5-4-9(18-10)3-1-7-14/h4-5,14H,2,6-8H2,(H,13,15)(H2,12,16,17). The molecule has 0 fully saturated rings. The molecule has 0 aliphatic rings.